The third-order valence-electron chi connectivity index (χ3n) is 5.05. The lowest BCUT2D eigenvalue weighted by Gasteiger charge is -2.29. The molecule has 162 valence electrons. The van der Waals surface area contributed by atoms with E-state index in [0.29, 0.717) is 48.7 Å². The van der Waals surface area contributed by atoms with Crippen molar-refractivity contribution in [2.24, 2.45) is 5.73 Å². The number of hydrogen-bond donors (Lipinski definition) is 1. The van der Waals surface area contributed by atoms with Gasteiger partial charge in [0.25, 0.3) is 5.91 Å². The second-order valence-electron chi connectivity index (χ2n) is 7.15. The van der Waals surface area contributed by atoms with Crippen LogP contribution in [0.3, 0.4) is 0 Å². The van der Waals surface area contributed by atoms with E-state index >= 15 is 0 Å². The number of ether oxygens (including phenoxy) is 1. The van der Waals surface area contributed by atoms with E-state index in [1.165, 1.54) is 7.11 Å². The van der Waals surface area contributed by atoms with Crippen LogP contribution in [0.25, 0.3) is 5.69 Å². The Morgan fingerprint density at radius 1 is 1.32 bits per heavy atom. The van der Waals surface area contributed by atoms with E-state index in [1.54, 1.807) is 29.2 Å². The molecule has 0 aliphatic carbocycles. The summed E-state index contributed by atoms with van der Waals surface area (Å²) in [6, 6.07) is 4.19. The van der Waals surface area contributed by atoms with Gasteiger partial charge >= 0.3 is 6.18 Å². The molecule has 0 bridgehead atoms. The minimum Gasteiger partial charge on any atom is -0.493 e. The Kier molecular flexibility index (Phi) is 5.36. The van der Waals surface area contributed by atoms with E-state index in [1.807, 2.05) is 4.90 Å². The minimum atomic E-state index is -4.50. The van der Waals surface area contributed by atoms with Crippen molar-refractivity contribution in [1.82, 2.24) is 24.6 Å². The summed E-state index contributed by atoms with van der Waals surface area (Å²) >= 11 is 0. The average molecular weight is 432 g/mol. The summed E-state index contributed by atoms with van der Waals surface area (Å²) in [5, 5.41) is 4.27. The number of hydrogen-bond acceptors (Lipinski definition) is 6. The van der Waals surface area contributed by atoms with Gasteiger partial charge in [-0.1, -0.05) is 0 Å². The van der Waals surface area contributed by atoms with Gasteiger partial charge in [-0.3, -0.25) is 14.7 Å². The van der Waals surface area contributed by atoms with Gasteiger partial charge < -0.3 is 10.5 Å². The number of amides is 1. The van der Waals surface area contributed by atoms with Gasteiger partial charge in [0.2, 0.25) is 0 Å². The van der Waals surface area contributed by atoms with Gasteiger partial charge in [-0.25, -0.2) is 9.67 Å². The lowest BCUT2D eigenvalue weighted by Crippen LogP contribution is -2.32. The number of nitrogens with zero attached hydrogens (tertiary/aromatic N) is 5. The van der Waals surface area contributed by atoms with Crippen molar-refractivity contribution in [2.45, 2.75) is 25.7 Å². The Hall–Kier alpha value is -3.47. The average Bonchev–Trinajstić information content (AvgIpc) is 3.21. The molecule has 0 radical (unpaired) electrons. The molecule has 0 unspecified atom stereocenters. The van der Waals surface area contributed by atoms with Crippen LogP contribution in [0.1, 0.15) is 33.0 Å². The van der Waals surface area contributed by atoms with Crippen LogP contribution in [0.15, 0.2) is 36.8 Å². The molecule has 0 saturated carbocycles. The quantitative estimate of drug-likeness (QED) is 0.665. The summed E-state index contributed by atoms with van der Waals surface area (Å²) in [5.74, 6) is -0.119. The largest absolute Gasteiger partial charge is 0.493 e. The molecule has 1 aliphatic rings. The number of carbonyl (C=O) groups excluding carboxylic acids is 1. The summed E-state index contributed by atoms with van der Waals surface area (Å²) < 4.78 is 45.6. The molecule has 0 aromatic carbocycles. The van der Waals surface area contributed by atoms with Crippen LogP contribution in [-0.4, -0.2) is 44.2 Å². The maximum absolute atomic E-state index is 12.9. The van der Waals surface area contributed by atoms with E-state index < -0.39 is 17.8 Å². The van der Waals surface area contributed by atoms with Crippen LogP contribution in [0.4, 0.5) is 13.2 Å². The molecule has 1 aliphatic heterocycles. The number of primary amides is 1. The van der Waals surface area contributed by atoms with Gasteiger partial charge in [-0.15, -0.1) is 0 Å². The molecule has 3 aromatic heterocycles. The maximum atomic E-state index is 12.9. The Morgan fingerprint density at radius 2 is 2.13 bits per heavy atom. The molecule has 2 N–H and O–H groups in total. The van der Waals surface area contributed by atoms with Crippen LogP contribution >= 0.6 is 0 Å². The lowest BCUT2D eigenvalue weighted by atomic mass is 10.0. The molecule has 3 aromatic rings. The van der Waals surface area contributed by atoms with Crippen LogP contribution in [0.5, 0.6) is 5.75 Å². The molecular formula is C20H19F3N6O2. The highest BCUT2D eigenvalue weighted by atomic mass is 19.4. The van der Waals surface area contributed by atoms with Gasteiger partial charge in [0.1, 0.15) is 11.4 Å². The first-order valence-electron chi connectivity index (χ1n) is 9.40. The molecule has 4 heterocycles. The molecule has 0 saturated heterocycles. The van der Waals surface area contributed by atoms with Crippen molar-refractivity contribution >= 4 is 5.91 Å². The van der Waals surface area contributed by atoms with Gasteiger partial charge in [-0.2, -0.15) is 18.3 Å². The highest BCUT2D eigenvalue weighted by Crippen LogP contribution is 2.29. The minimum absolute atomic E-state index is 0.0911. The third-order valence-corrected chi connectivity index (χ3v) is 5.05. The van der Waals surface area contributed by atoms with Gasteiger partial charge in [0.05, 0.1) is 30.9 Å². The maximum Gasteiger partial charge on any atom is 0.433 e. The predicted molar refractivity (Wildman–Crippen MR) is 103 cm³/mol. The van der Waals surface area contributed by atoms with E-state index in [-0.39, 0.29) is 5.69 Å². The fraction of sp³-hybridized carbons (Fsp3) is 0.300. The number of halogens is 3. The van der Waals surface area contributed by atoms with E-state index in [0.717, 1.165) is 17.8 Å². The second kappa shape index (κ2) is 7.99. The summed E-state index contributed by atoms with van der Waals surface area (Å²) in [6.45, 7) is 1.24. The van der Waals surface area contributed by atoms with Crippen LogP contribution in [0, 0.1) is 0 Å². The first-order chi connectivity index (χ1) is 14.7. The van der Waals surface area contributed by atoms with E-state index in [9.17, 15) is 18.0 Å². The molecular weight excluding hydrogens is 413 g/mol. The number of aromatic nitrogens is 4. The van der Waals surface area contributed by atoms with E-state index in [4.69, 9.17) is 10.5 Å². The Bertz CT molecular complexity index is 1130. The van der Waals surface area contributed by atoms with Gasteiger partial charge in [-0.05, 0) is 30.2 Å². The van der Waals surface area contributed by atoms with Gasteiger partial charge in [0.15, 0.2) is 5.75 Å². The zero-order valence-electron chi connectivity index (χ0n) is 16.6. The summed E-state index contributed by atoms with van der Waals surface area (Å²) in [6.07, 6.45) is 0.469. The first kappa shape index (κ1) is 20.8. The molecule has 0 spiro atoms. The molecule has 4 rings (SSSR count). The fourth-order valence-corrected chi connectivity index (χ4v) is 3.57. The first-order valence-corrected chi connectivity index (χ1v) is 9.40. The number of alkyl halides is 3. The van der Waals surface area contributed by atoms with Crippen molar-refractivity contribution in [2.75, 3.05) is 13.7 Å². The van der Waals surface area contributed by atoms with Crippen LogP contribution in [-0.2, 0) is 25.7 Å². The molecule has 11 heteroatoms. The highest BCUT2D eigenvalue weighted by molar-refractivity contribution is 5.91. The summed E-state index contributed by atoms with van der Waals surface area (Å²) in [4.78, 5) is 21.6. The number of rotatable bonds is 5. The highest BCUT2D eigenvalue weighted by Gasteiger charge is 2.32. The number of methoxy groups -OCH3 is 1. The molecule has 0 fully saturated rings. The Labute approximate surface area is 175 Å². The van der Waals surface area contributed by atoms with Crippen molar-refractivity contribution in [3.8, 4) is 11.4 Å². The monoisotopic (exact) mass is 432 g/mol. The topological polar surface area (TPSA) is 99.2 Å². The van der Waals surface area contributed by atoms with Crippen molar-refractivity contribution in [3.63, 3.8) is 0 Å². The number of fused-ring (bicyclic) bond motifs is 1. The summed E-state index contributed by atoms with van der Waals surface area (Å²) in [5.41, 5.74) is 7.33. The van der Waals surface area contributed by atoms with E-state index in [2.05, 4.69) is 15.1 Å². The lowest BCUT2D eigenvalue weighted by molar-refractivity contribution is -0.141. The smallest absolute Gasteiger partial charge is 0.433 e. The molecule has 1 amide bonds. The van der Waals surface area contributed by atoms with Crippen molar-refractivity contribution in [1.29, 1.82) is 0 Å². The van der Waals surface area contributed by atoms with Crippen molar-refractivity contribution in [3.05, 3.63) is 65.0 Å². The second-order valence-corrected chi connectivity index (χ2v) is 7.15. The normalized spacial score (nSPS) is 14.3. The SMILES string of the molecule is COc1cnn(-c2cc(C(N)=O)nc3c2CCN(Cc2ccnc(C(F)(F)F)c2)C3)c1. The van der Waals surface area contributed by atoms with Crippen LogP contribution < -0.4 is 10.5 Å². The molecule has 0 atom stereocenters. The zero-order chi connectivity index (χ0) is 22.2. The Morgan fingerprint density at radius 3 is 2.81 bits per heavy atom. The molecule has 31 heavy (non-hydrogen) atoms. The standard InChI is InChI=1S/C20H19F3N6O2/c1-31-13-8-26-29(10-13)17-7-15(19(24)30)27-16-11-28(5-3-14(16)17)9-12-2-4-25-18(6-12)20(21,22)23/h2,4,6-8,10H,3,5,9,11H2,1H3,(H2,24,30). The predicted octanol–water partition coefficient (Wildman–Crippen LogP) is 2.35. The van der Waals surface area contributed by atoms with Crippen LogP contribution in [0.2, 0.25) is 0 Å². The summed E-state index contributed by atoms with van der Waals surface area (Å²) in [7, 11) is 1.53. The van der Waals surface area contributed by atoms with Crippen molar-refractivity contribution < 1.29 is 22.7 Å². The third kappa shape index (κ3) is 4.36. The zero-order valence-corrected chi connectivity index (χ0v) is 16.6. The number of carbonyl (C=O) groups is 1. The fourth-order valence-electron chi connectivity index (χ4n) is 3.57. The number of nitrogens with two attached hydrogens (primary N) is 1. The van der Waals surface area contributed by atoms with Gasteiger partial charge in [0, 0.05) is 31.4 Å². The Balaban J connectivity index is 1.64. The molecule has 8 nitrogen and oxygen atoms in total. The number of pyridine rings is 2.